The van der Waals surface area contributed by atoms with Gasteiger partial charge in [-0.15, -0.1) is 0 Å². The van der Waals surface area contributed by atoms with Crippen LogP contribution in [0.4, 0.5) is 11.4 Å². The molecule has 0 amide bonds. The SMILES string of the molecule is CNc1c[n+]([O-])ccc1[N+](=O)[O-]. The number of nitrogens with zero attached hydrogens (tertiary/aromatic N) is 2. The van der Waals surface area contributed by atoms with Crippen molar-refractivity contribution in [3.8, 4) is 0 Å². The summed E-state index contributed by atoms with van der Waals surface area (Å²) in [6, 6.07) is 1.15. The predicted molar refractivity (Wildman–Crippen MR) is 41.6 cm³/mol. The molecule has 6 nitrogen and oxygen atoms in total. The first-order valence-corrected chi connectivity index (χ1v) is 3.20. The summed E-state index contributed by atoms with van der Waals surface area (Å²) < 4.78 is 0.499. The van der Waals surface area contributed by atoms with Gasteiger partial charge in [-0.25, -0.2) is 0 Å². The molecule has 0 saturated heterocycles. The number of hydrogen-bond acceptors (Lipinski definition) is 4. The van der Waals surface area contributed by atoms with Crippen LogP contribution in [0, 0.1) is 15.3 Å². The molecule has 0 radical (unpaired) electrons. The average Bonchev–Trinajstić information content (AvgIpc) is 2.03. The maximum absolute atomic E-state index is 10.7. The van der Waals surface area contributed by atoms with Crippen LogP contribution in [0.25, 0.3) is 0 Å². The Hall–Kier alpha value is -1.85. The molecule has 0 fully saturated rings. The van der Waals surface area contributed by atoms with Crippen molar-refractivity contribution in [2.45, 2.75) is 0 Å². The van der Waals surface area contributed by atoms with Gasteiger partial charge in [-0.1, -0.05) is 0 Å². The molecule has 64 valence electrons. The molecule has 1 aromatic heterocycles. The second-order valence-corrected chi connectivity index (χ2v) is 2.11. The highest BCUT2D eigenvalue weighted by Gasteiger charge is 2.14. The summed E-state index contributed by atoms with van der Waals surface area (Å²) in [5.41, 5.74) is 0.0992. The van der Waals surface area contributed by atoms with Crippen LogP contribution < -0.4 is 10.0 Å². The van der Waals surface area contributed by atoms with E-state index in [-0.39, 0.29) is 11.4 Å². The lowest BCUT2D eigenvalue weighted by atomic mass is 10.3. The lowest BCUT2D eigenvalue weighted by Crippen LogP contribution is -2.25. The van der Waals surface area contributed by atoms with Gasteiger partial charge in [-0.05, 0) is 0 Å². The van der Waals surface area contributed by atoms with Crippen LogP contribution in [0.15, 0.2) is 18.5 Å². The van der Waals surface area contributed by atoms with Gasteiger partial charge < -0.3 is 10.5 Å². The zero-order valence-electron chi connectivity index (χ0n) is 6.35. The van der Waals surface area contributed by atoms with E-state index >= 15 is 0 Å². The van der Waals surface area contributed by atoms with Gasteiger partial charge >= 0.3 is 5.69 Å². The quantitative estimate of drug-likeness (QED) is 0.298. The van der Waals surface area contributed by atoms with Gasteiger partial charge in [0.1, 0.15) is 0 Å². The molecule has 0 aliphatic heterocycles. The highest BCUT2D eigenvalue weighted by Crippen LogP contribution is 2.19. The van der Waals surface area contributed by atoms with Crippen LogP contribution in [0.3, 0.4) is 0 Å². The molecule has 0 aliphatic rings. The third kappa shape index (κ3) is 1.42. The molecular formula is C6H7N3O3. The van der Waals surface area contributed by atoms with E-state index < -0.39 is 4.92 Å². The predicted octanol–water partition coefficient (Wildman–Crippen LogP) is 0.270. The largest absolute Gasteiger partial charge is 0.619 e. The number of anilines is 1. The molecule has 0 unspecified atom stereocenters. The second kappa shape index (κ2) is 3.04. The minimum atomic E-state index is -0.550. The lowest BCUT2D eigenvalue weighted by Gasteiger charge is -2.00. The van der Waals surface area contributed by atoms with Crippen molar-refractivity contribution in [1.82, 2.24) is 0 Å². The van der Waals surface area contributed by atoms with Crippen molar-refractivity contribution in [3.05, 3.63) is 33.8 Å². The third-order valence-corrected chi connectivity index (χ3v) is 1.38. The standard InChI is InChI=1S/C6H7N3O3/c1-7-5-4-8(10)3-2-6(5)9(11)12/h2-4,7H,1H3. The van der Waals surface area contributed by atoms with Gasteiger partial charge in [0.15, 0.2) is 11.9 Å². The highest BCUT2D eigenvalue weighted by molar-refractivity contribution is 5.57. The fourth-order valence-corrected chi connectivity index (χ4v) is 0.822. The van der Waals surface area contributed by atoms with E-state index in [4.69, 9.17) is 0 Å². The van der Waals surface area contributed by atoms with E-state index in [1.807, 2.05) is 0 Å². The molecule has 0 atom stereocenters. The Kier molecular flexibility index (Phi) is 2.09. The van der Waals surface area contributed by atoms with E-state index in [2.05, 4.69) is 5.32 Å². The maximum atomic E-state index is 10.7. The van der Waals surface area contributed by atoms with Gasteiger partial charge in [0.05, 0.1) is 11.0 Å². The van der Waals surface area contributed by atoms with E-state index in [0.717, 1.165) is 18.5 Å². The summed E-state index contributed by atoms with van der Waals surface area (Å²) in [5.74, 6) is 0. The number of rotatable bonds is 2. The van der Waals surface area contributed by atoms with Gasteiger partial charge in [0.2, 0.25) is 6.20 Å². The Morgan fingerprint density at radius 3 is 2.83 bits per heavy atom. The van der Waals surface area contributed by atoms with Crippen molar-refractivity contribution < 1.29 is 9.65 Å². The van der Waals surface area contributed by atoms with E-state index in [0.29, 0.717) is 4.73 Å². The van der Waals surface area contributed by atoms with Gasteiger partial charge in [0.25, 0.3) is 0 Å². The molecule has 1 N–H and O–H groups in total. The summed E-state index contributed by atoms with van der Waals surface area (Å²) in [6.45, 7) is 0. The lowest BCUT2D eigenvalue weighted by molar-refractivity contribution is -0.605. The van der Waals surface area contributed by atoms with Crippen molar-refractivity contribution in [2.75, 3.05) is 12.4 Å². The maximum Gasteiger partial charge on any atom is 0.304 e. The Bertz CT molecular complexity index is 313. The Labute approximate surface area is 68.2 Å². The fourth-order valence-electron chi connectivity index (χ4n) is 0.822. The van der Waals surface area contributed by atoms with Crippen LogP contribution in [0.2, 0.25) is 0 Å². The number of aromatic nitrogens is 1. The van der Waals surface area contributed by atoms with Crippen molar-refractivity contribution in [1.29, 1.82) is 0 Å². The molecule has 1 heterocycles. The van der Waals surface area contributed by atoms with Gasteiger partial charge in [-0.3, -0.25) is 10.1 Å². The summed E-state index contributed by atoms with van der Waals surface area (Å²) in [6.07, 6.45) is 2.19. The van der Waals surface area contributed by atoms with Crippen LogP contribution in [-0.2, 0) is 0 Å². The second-order valence-electron chi connectivity index (χ2n) is 2.11. The summed E-state index contributed by atoms with van der Waals surface area (Å²) in [7, 11) is 1.52. The van der Waals surface area contributed by atoms with Crippen molar-refractivity contribution >= 4 is 11.4 Å². The third-order valence-electron chi connectivity index (χ3n) is 1.38. The molecule has 0 aromatic carbocycles. The van der Waals surface area contributed by atoms with Crippen molar-refractivity contribution in [2.24, 2.45) is 0 Å². The number of nitro groups is 1. The van der Waals surface area contributed by atoms with Crippen LogP contribution >= 0.6 is 0 Å². The first kappa shape index (κ1) is 8.25. The van der Waals surface area contributed by atoms with Crippen LogP contribution in [0.1, 0.15) is 0 Å². The van der Waals surface area contributed by atoms with Crippen molar-refractivity contribution in [3.63, 3.8) is 0 Å². The highest BCUT2D eigenvalue weighted by atomic mass is 16.6. The first-order chi connectivity index (χ1) is 5.65. The zero-order valence-corrected chi connectivity index (χ0v) is 6.35. The average molecular weight is 169 g/mol. The van der Waals surface area contributed by atoms with E-state index in [1.54, 1.807) is 0 Å². The Morgan fingerprint density at radius 2 is 2.33 bits per heavy atom. The molecule has 1 rings (SSSR count). The monoisotopic (exact) mass is 169 g/mol. The van der Waals surface area contributed by atoms with E-state index in [1.165, 1.54) is 7.05 Å². The molecule has 0 saturated carbocycles. The molecule has 0 aliphatic carbocycles. The molecule has 0 spiro atoms. The fraction of sp³-hybridized carbons (Fsp3) is 0.167. The summed E-state index contributed by atoms with van der Waals surface area (Å²) in [5, 5.41) is 23.6. The summed E-state index contributed by atoms with van der Waals surface area (Å²) >= 11 is 0. The number of pyridine rings is 1. The van der Waals surface area contributed by atoms with E-state index in [9.17, 15) is 15.3 Å². The minimum Gasteiger partial charge on any atom is -0.619 e. The Balaban J connectivity index is 3.20. The van der Waals surface area contributed by atoms with Crippen LogP contribution in [0.5, 0.6) is 0 Å². The zero-order chi connectivity index (χ0) is 9.14. The smallest absolute Gasteiger partial charge is 0.304 e. The molecule has 0 bridgehead atoms. The van der Waals surface area contributed by atoms with Gasteiger partial charge in [-0.2, -0.15) is 4.73 Å². The van der Waals surface area contributed by atoms with Gasteiger partial charge in [0, 0.05) is 7.05 Å². The topological polar surface area (TPSA) is 82.1 Å². The summed E-state index contributed by atoms with van der Waals surface area (Å²) in [4.78, 5) is 9.80. The molecular weight excluding hydrogens is 162 g/mol. The molecule has 6 heteroatoms. The number of hydrogen-bond donors (Lipinski definition) is 1. The molecule has 12 heavy (non-hydrogen) atoms. The Morgan fingerprint density at radius 1 is 1.67 bits per heavy atom. The number of nitrogens with one attached hydrogen (secondary N) is 1. The minimum absolute atomic E-state index is 0.107. The van der Waals surface area contributed by atoms with Crippen LogP contribution in [-0.4, -0.2) is 12.0 Å². The normalized spacial score (nSPS) is 9.42. The molecule has 1 aromatic rings. The first-order valence-electron chi connectivity index (χ1n) is 3.20.